The number of thiophene rings is 1. The summed E-state index contributed by atoms with van der Waals surface area (Å²) in [5.41, 5.74) is 0. The average Bonchev–Trinajstić information content (AvgIpc) is 2.65. The molecule has 0 aliphatic carbocycles. The minimum atomic E-state index is 0.405. The van der Waals surface area contributed by atoms with Crippen molar-refractivity contribution < 1.29 is 0 Å². The van der Waals surface area contributed by atoms with Crippen LogP contribution in [0.4, 0.5) is 5.82 Å². The van der Waals surface area contributed by atoms with Crippen molar-refractivity contribution in [1.29, 1.82) is 0 Å². The molecule has 0 spiro atoms. The maximum Gasteiger partial charge on any atom is 0.141 e. The Morgan fingerprint density at radius 3 is 3.11 bits per heavy atom. The Morgan fingerprint density at radius 2 is 2.26 bits per heavy atom. The highest BCUT2D eigenvalue weighted by atomic mass is 35.5. The van der Waals surface area contributed by atoms with E-state index in [0.717, 1.165) is 23.6 Å². The lowest BCUT2D eigenvalue weighted by Crippen LogP contribution is -2.36. The quantitative estimate of drug-likeness (QED) is 0.785. The van der Waals surface area contributed by atoms with Crippen LogP contribution in [0.3, 0.4) is 0 Å². The Balaban J connectivity index is 2.05. The van der Waals surface area contributed by atoms with Crippen molar-refractivity contribution in [1.82, 2.24) is 9.97 Å². The van der Waals surface area contributed by atoms with Gasteiger partial charge in [-0.05, 0) is 25.8 Å². The monoisotopic (exact) mass is 295 g/mol. The second-order valence-corrected chi connectivity index (χ2v) is 6.67. The van der Waals surface area contributed by atoms with E-state index in [-0.39, 0.29) is 0 Å². The zero-order valence-electron chi connectivity index (χ0n) is 11.1. The van der Waals surface area contributed by atoms with Crippen molar-refractivity contribution in [3.05, 3.63) is 17.3 Å². The van der Waals surface area contributed by atoms with Gasteiger partial charge in [0.1, 0.15) is 17.0 Å². The molecule has 1 fully saturated rings. The van der Waals surface area contributed by atoms with Crippen LogP contribution in [0.1, 0.15) is 30.6 Å². The van der Waals surface area contributed by atoms with Crippen LogP contribution in [-0.2, 0) is 0 Å². The summed E-state index contributed by atoms with van der Waals surface area (Å²) in [6, 6.07) is 2.60. The van der Waals surface area contributed by atoms with E-state index < -0.39 is 0 Å². The molecule has 0 aromatic carbocycles. The Labute approximate surface area is 122 Å². The van der Waals surface area contributed by atoms with E-state index in [1.54, 1.807) is 17.7 Å². The number of nitrogens with zero attached hydrogens (tertiary/aromatic N) is 3. The Morgan fingerprint density at radius 1 is 1.37 bits per heavy atom. The highest BCUT2D eigenvalue weighted by molar-refractivity contribution is 7.18. The van der Waals surface area contributed by atoms with Crippen molar-refractivity contribution >= 4 is 39.0 Å². The lowest BCUT2D eigenvalue weighted by Gasteiger charge is -2.30. The molecule has 3 rings (SSSR count). The molecule has 1 aliphatic rings. The fraction of sp³-hybridized carbons (Fsp3) is 0.571. The number of alkyl halides is 1. The Bertz CT molecular complexity index is 569. The molecule has 0 bridgehead atoms. The zero-order valence-corrected chi connectivity index (χ0v) is 12.7. The fourth-order valence-corrected chi connectivity index (χ4v) is 3.97. The van der Waals surface area contributed by atoms with Crippen molar-refractivity contribution in [3.63, 3.8) is 0 Å². The van der Waals surface area contributed by atoms with Gasteiger partial charge < -0.3 is 4.90 Å². The van der Waals surface area contributed by atoms with E-state index in [0.29, 0.717) is 11.9 Å². The molecule has 5 heteroatoms. The third-order valence-electron chi connectivity index (χ3n) is 3.76. The molecule has 2 aromatic rings. The van der Waals surface area contributed by atoms with Gasteiger partial charge in [0.15, 0.2) is 0 Å². The fourth-order valence-electron chi connectivity index (χ4n) is 2.81. The Kier molecular flexibility index (Phi) is 3.89. The van der Waals surface area contributed by atoms with E-state index in [1.165, 1.54) is 29.5 Å². The van der Waals surface area contributed by atoms with Gasteiger partial charge in [-0.25, -0.2) is 9.97 Å². The van der Waals surface area contributed by atoms with E-state index in [9.17, 15) is 0 Å². The maximum absolute atomic E-state index is 6.17. The van der Waals surface area contributed by atoms with Gasteiger partial charge in [0.25, 0.3) is 0 Å². The molecule has 1 aliphatic heterocycles. The number of aryl methyl sites for hydroxylation is 1. The van der Waals surface area contributed by atoms with Crippen molar-refractivity contribution in [2.75, 3.05) is 17.3 Å². The first kappa shape index (κ1) is 13.1. The van der Waals surface area contributed by atoms with Crippen LogP contribution in [0.25, 0.3) is 10.2 Å². The van der Waals surface area contributed by atoms with Crippen LogP contribution in [0.15, 0.2) is 12.4 Å². The van der Waals surface area contributed by atoms with Crippen LogP contribution in [0, 0.1) is 6.92 Å². The molecule has 1 unspecified atom stereocenters. The minimum Gasteiger partial charge on any atom is -0.352 e. The first-order valence-corrected chi connectivity index (χ1v) is 8.18. The molecule has 19 heavy (non-hydrogen) atoms. The predicted molar refractivity (Wildman–Crippen MR) is 82.5 cm³/mol. The molecule has 0 radical (unpaired) electrons. The summed E-state index contributed by atoms with van der Waals surface area (Å²) < 4.78 is 0. The molecule has 1 saturated heterocycles. The average molecular weight is 296 g/mol. The number of halogens is 1. The van der Waals surface area contributed by atoms with E-state index in [4.69, 9.17) is 11.6 Å². The Hall–Kier alpha value is -0.870. The minimum absolute atomic E-state index is 0.405. The summed E-state index contributed by atoms with van der Waals surface area (Å²) in [5, 5.41) is 1.18. The van der Waals surface area contributed by atoms with Crippen molar-refractivity contribution in [3.8, 4) is 0 Å². The summed E-state index contributed by atoms with van der Waals surface area (Å²) in [6.07, 6.45) is 6.63. The molecular weight excluding hydrogens is 278 g/mol. The van der Waals surface area contributed by atoms with Gasteiger partial charge in [0.05, 0.1) is 5.39 Å². The van der Waals surface area contributed by atoms with E-state index >= 15 is 0 Å². The molecule has 3 nitrogen and oxygen atoms in total. The molecule has 1 atom stereocenters. The summed E-state index contributed by atoms with van der Waals surface area (Å²) in [4.78, 5) is 13.7. The number of anilines is 1. The van der Waals surface area contributed by atoms with Crippen LogP contribution in [0.5, 0.6) is 0 Å². The van der Waals surface area contributed by atoms with E-state index in [1.807, 2.05) is 0 Å². The summed E-state index contributed by atoms with van der Waals surface area (Å²) in [5.74, 6) is 1.75. The second kappa shape index (κ2) is 5.63. The normalized spacial score (nSPS) is 20.7. The number of hydrogen-bond acceptors (Lipinski definition) is 4. The first-order chi connectivity index (χ1) is 9.29. The molecular formula is C14H18ClN3S. The maximum atomic E-state index is 6.17. The zero-order chi connectivity index (χ0) is 13.2. The topological polar surface area (TPSA) is 29.0 Å². The molecule has 0 N–H and O–H groups in total. The van der Waals surface area contributed by atoms with Crippen LogP contribution >= 0.6 is 22.9 Å². The van der Waals surface area contributed by atoms with Crippen LogP contribution < -0.4 is 4.90 Å². The molecule has 0 saturated carbocycles. The highest BCUT2D eigenvalue weighted by Gasteiger charge is 2.23. The largest absolute Gasteiger partial charge is 0.352 e. The van der Waals surface area contributed by atoms with Gasteiger partial charge in [-0.15, -0.1) is 22.9 Å². The smallest absolute Gasteiger partial charge is 0.141 e. The predicted octanol–water partition coefficient (Wildman–Crippen LogP) is 3.99. The summed E-state index contributed by atoms with van der Waals surface area (Å²) >= 11 is 7.90. The van der Waals surface area contributed by atoms with E-state index in [2.05, 4.69) is 27.9 Å². The molecule has 102 valence electrons. The lowest BCUT2D eigenvalue weighted by molar-refractivity contribution is 0.617. The van der Waals surface area contributed by atoms with Gasteiger partial charge in [0.2, 0.25) is 0 Å². The number of hydrogen-bond donors (Lipinski definition) is 0. The standard InChI is InChI=1S/C14H18ClN3S/c1-10-7-12-13(16-9-17-14(12)19-10)18-6-4-2-3-5-11(18)8-15/h7,9,11H,2-6,8H2,1H3. The van der Waals surface area contributed by atoms with Gasteiger partial charge in [-0.2, -0.15) is 0 Å². The van der Waals surface area contributed by atoms with Crippen molar-refractivity contribution in [2.24, 2.45) is 0 Å². The van der Waals surface area contributed by atoms with Crippen LogP contribution in [-0.4, -0.2) is 28.4 Å². The van der Waals surface area contributed by atoms with Gasteiger partial charge >= 0.3 is 0 Å². The molecule has 0 amide bonds. The van der Waals surface area contributed by atoms with Crippen molar-refractivity contribution in [2.45, 2.75) is 38.6 Å². The van der Waals surface area contributed by atoms with Crippen LogP contribution in [0.2, 0.25) is 0 Å². The van der Waals surface area contributed by atoms with Gasteiger partial charge in [-0.3, -0.25) is 0 Å². The first-order valence-electron chi connectivity index (χ1n) is 6.83. The number of aromatic nitrogens is 2. The second-order valence-electron chi connectivity index (χ2n) is 5.12. The highest BCUT2D eigenvalue weighted by Crippen LogP contribution is 2.32. The number of fused-ring (bicyclic) bond motifs is 1. The summed E-state index contributed by atoms with van der Waals surface area (Å²) in [6.45, 7) is 3.18. The lowest BCUT2D eigenvalue weighted by atomic mass is 10.1. The number of rotatable bonds is 2. The summed E-state index contributed by atoms with van der Waals surface area (Å²) in [7, 11) is 0. The SMILES string of the molecule is Cc1cc2c(N3CCCCCC3CCl)ncnc2s1. The molecule has 3 heterocycles. The van der Waals surface area contributed by atoms with Gasteiger partial charge in [0, 0.05) is 23.3 Å². The van der Waals surface area contributed by atoms with Gasteiger partial charge in [-0.1, -0.05) is 12.8 Å². The molecule has 2 aromatic heterocycles. The third-order valence-corrected chi connectivity index (χ3v) is 5.07. The third kappa shape index (κ3) is 2.56.